The lowest BCUT2D eigenvalue weighted by atomic mass is 9.88. The number of aryl methyl sites for hydroxylation is 1. The number of imidazole rings is 1. The number of hydrogen-bond donors (Lipinski definition) is 1. The Kier molecular flexibility index (Phi) is 6.51. The Bertz CT molecular complexity index is 1270. The van der Waals surface area contributed by atoms with Crippen molar-refractivity contribution in [3.63, 3.8) is 0 Å². The van der Waals surface area contributed by atoms with E-state index in [-0.39, 0.29) is 30.3 Å². The topological polar surface area (TPSA) is 63.8 Å². The quantitative estimate of drug-likeness (QED) is 0.373. The third-order valence-electron chi connectivity index (χ3n) is 5.70. The second-order valence-corrected chi connectivity index (χ2v) is 7.99. The largest absolute Gasteiger partial charge is 0.485 e. The van der Waals surface area contributed by atoms with Gasteiger partial charge in [0.15, 0.2) is 17.2 Å². The van der Waals surface area contributed by atoms with Crippen LogP contribution in [0.3, 0.4) is 0 Å². The van der Waals surface area contributed by atoms with Crippen molar-refractivity contribution in [3.05, 3.63) is 101 Å². The second-order valence-electron chi connectivity index (χ2n) is 7.99. The summed E-state index contributed by atoms with van der Waals surface area (Å²) in [7, 11) is 0. The van der Waals surface area contributed by atoms with E-state index >= 15 is 0 Å². The van der Waals surface area contributed by atoms with Crippen molar-refractivity contribution < 1.29 is 23.4 Å². The maximum Gasteiger partial charge on any atom is 0.182 e. The molecular formula is C26H24F2N2O3. The van der Waals surface area contributed by atoms with Gasteiger partial charge in [-0.15, -0.1) is 0 Å². The van der Waals surface area contributed by atoms with Gasteiger partial charge in [-0.3, -0.25) is 9.20 Å². The normalized spacial score (nSPS) is 13.1. The van der Waals surface area contributed by atoms with Gasteiger partial charge >= 0.3 is 0 Å². The molecule has 0 aliphatic heterocycles. The van der Waals surface area contributed by atoms with Crippen LogP contribution in [0.4, 0.5) is 8.78 Å². The van der Waals surface area contributed by atoms with E-state index in [4.69, 9.17) is 4.74 Å². The molecule has 2 aromatic carbocycles. The van der Waals surface area contributed by atoms with Crippen LogP contribution < -0.4 is 4.74 Å². The van der Waals surface area contributed by atoms with Crippen LogP contribution in [0.1, 0.15) is 46.6 Å². The molecule has 0 saturated carbocycles. The first-order valence-electron chi connectivity index (χ1n) is 10.7. The zero-order valence-corrected chi connectivity index (χ0v) is 18.3. The molecule has 7 heteroatoms. The Labute approximate surface area is 190 Å². The standard InChI is InChI=1S/C26H24F2N2O3/c1-16-25(23(32)14-19(17(2)31)18-8-4-3-5-9-18)30-13-7-12-24(26(30)29-16)33-15-20-21(27)10-6-11-22(20)28/h3-13,17,19,31H,14-15H2,1-2H3/t17-,19+/m1/s1. The van der Waals surface area contributed by atoms with Crippen molar-refractivity contribution in [2.45, 2.75) is 38.9 Å². The van der Waals surface area contributed by atoms with E-state index in [9.17, 15) is 18.7 Å². The molecule has 0 aliphatic carbocycles. The van der Waals surface area contributed by atoms with Gasteiger partial charge in [0.25, 0.3) is 0 Å². The Morgan fingerprint density at radius 3 is 2.42 bits per heavy atom. The number of ketones is 1. The lowest BCUT2D eigenvalue weighted by Gasteiger charge is -2.19. The number of pyridine rings is 1. The minimum Gasteiger partial charge on any atom is -0.485 e. The number of aliphatic hydroxyl groups excluding tert-OH is 1. The van der Waals surface area contributed by atoms with Gasteiger partial charge in [0.1, 0.15) is 23.9 Å². The molecular weight excluding hydrogens is 426 g/mol. The molecule has 170 valence electrons. The van der Waals surface area contributed by atoms with E-state index in [1.54, 1.807) is 36.6 Å². The fraction of sp³-hybridized carbons (Fsp3) is 0.231. The van der Waals surface area contributed by atoms with Crippen molar-refractivity contribution in [3.8, 4) is 5.75 Å². The number of carbonyl (C=O) groups is 1. The molecule has 2 atom stereocenters. The number of rotatable bonds is 8. The van der Waals surface area contributed by atoms with Crippen molar-refractivity contribution in [2.24, 2.45) is 0 Å². The fourth-order valence-corrected chi connectivity index (χ4v) is 3.99. The maximum atomic E-state index is 14.0. The Hall–Kier alpha value is -3.58. The van der Waals surface area contributed by atoms with E-state index in [0.29, 0.717) is 22.8 Å². The number of benzene rings is 2. The minimum atomic E-state index is -0.717. The van der Waals surface area contributed by atoms with Crippen molar-refractivity contribution in [2.75, 3.05) is 0 Å². The second kappa shape index (κ2) is 9.50. The van der Waals surface area contributed by atoms with Crippen LogP contribution in [0.25, 0.3) is 5.65 Å². The number of nitrogens with zero attached hydrogens (tertiary/aromatic N) is 2. The minimum absolute atomic E-state index is 0.0990. The molecule has 2 heterocycles. The predicted molar refractivity (Wildman–Crippen MR) is 120 cm³/mol. The first-order valence-corrected chi connectivity index (χ1v) is 10.7. The zero-order valence-electron chi connectivity index (χ0n) is 18.3. The molecule has 1 N–H and O–H groups in total. The Balaban J connectivity index is 1.63. The number of aliphatic hydroxyl groups is 1. The molecule has 0 radical (unpaired) electrons. The summed E-state index contributed by atoms with van der Waals surface area (Å²) in [6.07, 6.45) is 1.08. The summed E-state index contributed by atoms with van der Waals surface area (Å²) in [5, 5.41) is 10.3. The number of Topliss-reactive ketones (excluding diaryl/α,β-unsaturated/α-hetero) is 1. The molecule has 0 amide bonds. The third-order valence-corrected chi connectivity index (χ3v) is 5.70. The first-order chi connectivity index (χ1) is 15.9. The van der Waals surface area contributed by atoms with Crippen LogP contribution in [-0.4, -0.2) is 26.4 Å². The lowest BCUT2D eigenvalue weighted by Crippen LogP contribution is -2.19. The Morgan fingerprint density at radius 1 is 1.06 bits per heavy atom. The van der Waals surface area contributed by atoms with Gasteiger partial charge in [-0.05, 0) is 43.7 Å². The molecule has 5 nitrogen and oxygen atoms in total. The molecule has 0 bridgehead atoms. The van der Waals surface area contributed by atoms with E-state index in [1.807, 2.05) is 30.3 Å². The lowest BCUT2D eigenvalue weighted by molar-refractivity contribution is 0.0915. The highest BCUT2D eigenvalue weighted by atomic mass is 19.1. The molecule has 33 heavy (non-hydrogen) atoms. The predicted octanol–water partition coefficient (Wildman–Crippen LogP) is 5.24. The van der Waals surface area contributed by atoms with Gasteiger partial charge in [-0.25, -0.2) is 13.8 Å². The van der Waals surface area contributed by atoms with Crippen LogP contribution >= 0.6 is 0 Å². The highest BCUT2D eigenvalue weighted by Crippen LogP contribution is 2.29. The molecule has 0 saturated heterocycles. The summed E-state index contributed by atoms with van der Waals surface area (Å²) in [6.45, 7) is 3.08. The number of halogens is 2. The molecule has 0 unspecified atom stereocenters. The number of ether oxygens (including phenoxy) is 1. The third kappa shape index (κ3) is 4.64. The highest BCUT2D eigenvalue weighted by molar-refractivity contribution is 5.97. The zero-order chi connectivity index (χ0) is 23.5. The van der Waals surface area contributed by atoms with Gasteiger partial charge in [0, 0.05) is 18.5 Å². The summed E-state index contributed by atoms with van der Waals surface area (Å²) >= 11 is 0. The van der Waals surface area contributed by atoms with Crippen LogP contribution in [0.2, 0.25) is 0 Å². The molecule has 0 fully saturated rings. The summed E-state index contributed by atoms with van der Waals surface area (Å²) in [5.74, 6) is -1.62. The summed E-state index contributed by atoms with van der Waals surface area (Å²) in [6, 6.07) is 16.4. The Morgan fingerprint density at radius 2 is 1.76 bits per heavy atom. The monoisotopic (exact) mass is 450 g/mol. The van der Waals surface area contributed by atoms with Gasteiger partial charge in [0.05, 0.1) is 17.4 Å². The van der Waals surface area contributed by atoms with Crippen LogP contribution in [0.5, 0.6) is 5.75 Å². The molecule has 4 rings (SSSR count). The molecule has 2 aromatic heterocycles. The van der Waals surface area contributed by atoms with Gasteiger partial charge in [-0.2, -0.15) is 0 Å². The van der Waals surface area contributed by atoms with E-state index in [0.717, 1.165) is 5.56 Å². The maximum absolute atomic E-state index is 14.0. The summed E-state index contributed by atoms with van der Waals surface area (Å²) < 4.78 is 35.2. The van der Waals surface area contributed by atoms with Crippen LogP contribution in [0.15, 0.2) is 66.9 Å². The molecule has 0 spiro atoms. The number of carbonyl (C=O) groups excluding carboxylic acids is 1. The number of fused-ring (bicyclic) bond motifs is 1. The van der Waals surface area contributed by atoms with E-state index in [1.165, 1.54) is 18.2 Å². The summed E-state index contributed by atoms with van der Waals surface area (Å²) in [4.78, 5) is 17.8. The van der Waals surface area contributed by atoms with Gasteiger partial charge in [0.2, 0.25) is 0 Å². The average molecular weight is 450 g/mol. The van der Waals surface area contributed by atoms with Crippen LogP contribution in [0, 0.1) is 18.6 Å². The number of hydrogen-bond acceptors (Lipinski definition) is 4. The van der Waals surface area contributed by atoms with Crippen molar-refractivity contribution >= 4 is 11.4 Å². The molecule has 0 aliphatic rings. The SMILES string of the molecule is Cc1nc2c(OCc3c(F)cccc3F)cccn2c1C(=O)C[C@H](c1ccccc1)[C@@H](C)O. The van der Waals surface area contributed by atoms with E-state index < -0.39 is 17.7 Å². The van der Waals surface area contributed by atoms with Crippen LogP contribution in [-0.2, 0) is 6.61 Å². The summed E-state index contributed by atoms with van der Waals surface area (Å²) in [5.41, 5.74) is 1.97. The van der Waals surface area contributed by atoms with Crippen molar-refractivity contribution in [1.29, 1.82) is 0 Å². The average Bonchev–Trinajstić information content (AvgIpc) is 3.14. The van der Waals surface area contributed by atoms with E-state index in [2.05, 4.69) is 4.98 Å². The molecule has 4 aromatic rings. The number of aromatic nitrogens is 2. The van der Waals surface area contributed by atoms with Crippen molar-refractivity contribution in [1.82, 2.24) is 9.38 Å². The van der Waals surface area contributed by atoms with Gasteiger partial charge in [-0.1, -0.05) is 36.4 Å². The highest BCUT2D eigenvalue weighted by Gasteiger charge is 2.25. The smallest absolute Gasteiger partial charge is 0.182 e. The van der Waals surface area contributed by atoms with Gasteiger partial charge < -0.3 is 9.84 Å². The first kappa shape index (κ1) is 22.6. The fourth-order valence-electron chi connectivity index (χ4n) is 3.99.